The Bertz CT molecular complexity index is 771. The highest BCUT2D eigenvalue weighted by atomic mass is 16.1. The Labute approximate surface area is 142 Å². The van der Waals surface area contributed by atoms with E-state index in [1.165, 1.54) is 44.1 Å². The van der Waals surface area contributed by atoms with Gasteiger partial charge in [-0.15, -0.1) is 0 Å². The molecule has 0 bridgehead atoms. The Kier molecular flexibility index (Phi) is 4.32. The van der Waals surface area contributed by atoms with Gasteiger partial charge in [0, 0.05) is 18.8 Å². The Hall–Kier alpha value is -2.17. The first-order chi connectivity index (χ1) is 11.8. The molecule has 2 aromatic rings. The van der Waals surface area contributed by atoms with E-state index in [1.54, 1.807) is 6.20 Å². The molecule has 0 spiro atoms. The first-order valence-corrected chi connectivity index (χ1v) is 9.10. The number of carbonyl (C=O) groups excluding carboxylic acids is 1. The van der Waals surface area contributed by atoms with Crippen LogP contribution in [0.25, 0.3) is 11.2 Å². The molecule has 1 amide bonds. The van der Waals surface area contributed by atoms with Crippen molar-refractivity contribution >= 4 is 17.1 Å². The number of rotatable bonds is 4. The van der Waals surface area contributed by atoms with Crippen molar-refractivity contribution < 1.29 is 4.79 Å². The van der Waals surface area contributed by atoms with E-state index in [-0.39, 0.29) is 5.91 Å². The van der Waals surface area contributed by atoms with E-state index in [9.17, 15) is 4.79 Å². The number of imidazole rings is 1. The summed E-state index contributed by atoms with van der Waals surface area (Å²) in [5.41, 5.74) is 3.64. The molecule has 4 rings (SSSR count). The van der Waals surface area contributed by atoms with Crippen molar-refractivity contribution in [3.05, 3.63) is 35.8 Å². The zero-order valence-corrected chi connectivity index (χ0v) is 14.0. The molecule has 0 aromatic carbocycles. The van der Waals surface area contributed by atoms with Crippen molar-refractivity contribution in [3.63, 3.8) is 0 Å². The number of pyridine rings is 1. The highest BCUT2D eigenvalue weighted by molar-refractivity contribution is 5.96. The van der Waals surface area contributed by atoms with Crippen LogP contribution in [0.15, 0.2) is 30.2 Å². The number of hydrogen-bond donors (Lipinski definition) is 1. The Morgan fingerprint density at radius 3 is 2.88 bits per heavy atom. The lowest BCUT2D eigenvalue weighted by molar-refractivity contribution is 0.0956. The van der Waals surface area contributed by atoms with Crippen LogP contribution in [0.1, 0.15) is 67.8 Å². The quantitative estimate of drug-likeness (QED) is 0.871. The van der Waals surface area contributed by atoms with E-state index in [0.717, 1.165) is 24.0 Å². The zero-order valence-electron chi connectivity index (χ0n) is 14.0. The van der Waals surface area contributed by atoms with Crippen molar-refractivity contribution in [2.75, 3.05) is 6.54 Å². The van der Waals surface area contributed by atoms with Gasteiger partial charge >= 0.3 is 0 Å². The van der Waals surface area contributed by atoms with E-state index < -0.39 is 0 Å². The summed E-state index contributed by atoms with van der Waals surface area (Å²) in [6.07, 6.45) is 15.5. The fraction of sp³-hybridized carbons (Fsp3) is 0.526. The average Bonchev–Trinajstić information content (AvgIpc) is 3.29. The second-order valence-corrected chi connectivity index (χ2v) is 6.95. The monoisotopic (exact) mass is 324 g/mol. The smallest absolute Gasteiger partial charge is 0.253 e. The molecule has 2 aromatic heterocycles. The molecule has 0 atom stereocenters. The van der Waals surface area contributed by atoms with Crippen molar-refractivity contribution in [2.24, 2.45) is 0 Å². The van der Waals surface area contributed by atoms with Crippen molar-refractivity contribution in [2.45, 2.75) is 57.4 Å². The third-order valence-electron chi connectivity index (χ3n) is 5.25. The van der Waals surface area contributed by atoms with Crippen LogP contribution in [0.4, 0.5) is 0 Å². The second-order valence-electron chi connectivity index (χ2n) is 6.95. The maximum atomic E-state index is 12.4. The van der Waals surface area contributed by atoms with Gasteiger partial charge in [-0.3, -0.25) is 4.79 Å². The Morgan fingerprint density at radius 2 is 2.08 bits per heavy atom. The lowest BCUT2D eigenvalue weighted by atomic mass is 10.00. The summed E-state index contributed by atoms with van der Waals surface area (Å²) in [5.74, 6) is -0.0636. The Morgan fingerprint density at radius 1 is 1.21 bits per heavy atom. The lowest BCUT2D eigenvalue weighted by Crippen LogP contribution is -2.26. The maximum Gasteiger partial charge on any atom is 0.253 e. The second kappa shape index (κ2) is 6.75. The van der Waals surface area contributed by atoms with E-state index in [2.05, 4.69) is 25.9 Å². The number of aromatic nitrogens is 3. The minimum absolute atomic E-state index is 0.0636. The van der Waals surface area contributed by atoms with Gasteiger partial charge in [0.25, 0.3) is 5.91 Å². The summed E-state index contributed by atoms with van der Waals surface area (Å²) in [5, 5.41) is 3.01. The standard InChI is InChI=1S/C19H24N4O/c24-19(21-11-14-6-2-1-3-7-14)15-10-17-18(20-12-15)23(13-22-17)16-8-4-5-9-16/h6,10,12-13,16H,1-5,7-9,11H2,(H,21,24). The maximum absolute atomic E-state index is 12.4. The number of fused-ring (bicyclic) bond motifs is 1. The molecule has 5 nitrogen and oxygen atoms in total. The third kappa shape index (κ3) is 3.07. The van der Waals surface area contributed by atoms with Gasteiger partial charge in [-0.1, -0.05) is 24.5 Å². The summed E-state index contributed by atoms with van der Waals surface area (Å²) < 4.78 is 2.18. The molecule has 1 fully saturated rings. The third-order valence-corrected chi connectivity index (χ3v) is 5.25. The molecule has 0 radical (unpaired) electrons. The number of hydrogen-bond acceptors (Lipinski definition) is 3. The summed E-state index contributed by atoms with van der Waals surface area (Å²) in [4.78, 5) is 21.4. The van der Waals surface area contributed by atoms with E-state index in [4.69, 9.17) is 0 Å². The van der Waals surface area contributed by atoms with Crippen LogP contribution in [0, 0.1) is 0 Å². The van der Waals surface area contributed by atoms with E-state index in [0.29, 0.717) is 18.2 Å². The number of nitrogens with zero attached hydrogens (tertiary/aromatic N) is 3. The molecule has 1 N–H and O–H groups in total. The van der Waals surface area contributed by atoms with Crippen LogP contribution in [-0.2, 0) is 0 Å². The van der Waals surface area contributed by atoms with Gasteiger partial charge in [0.05, 0.1) is 11.9 Å². The average molecular weight is 324 g/mol. The Balaban J connectivity index is 1.48. The van der Waals surface area contributed by atoms with Gasteiger partial charge < -0.3 is 9.88 Å². The number of allylic oxidation sites excluding steroid dienone is 1. The molecule has 0 saturated heterocycles. The molecule has 0 unspecified atom stereocenters. The molecule has 1 saturated carbocycles. The van der Waals surface area contributed by atoms with Crippen molar-refractivity contribution in [1.82, 2.24) is 19.9 Å². The summed E-state index contributed by atoms with van der Waals surface area (Å²) in [7, 11) is 0. The molecule has 5 heteroatoms. The first-order valence-electron chi connectivity index (χ1n) is 9.10. The minimum atomic E-state index is -0.0636. The predicted octanol–water partition coefficient (Wildman–Crippen LogP) is 3.78. The SMILES string of the molecule is O=C(NCC1=CCCCC1)c1cnc2c(c1)ncn2C1CCCC1. The number of amides is 1. The van der Waals surface area contributed by atoms with Gasteiger partial charge in [-0.2, -0.15) is 0 Å². The van der Waals surface area contributed by atoms with Crippen LogP contribution in [0.2, 0.25) is 0 Å². The highest BCUT2D eigenvalue weighted by Gasteiger charge is 2.20. The minimum Gasteiger partial charge on any atom is -0.348 e. The van der Waals surface area contributed by atoms with Gasteiger partial charge in [0.15, 0.2) is 5.65 Å². The van der Waals surface area contributed by atoms with Crippen LogP contribution < -0.4 is 5.32 Å². The first kappa shape index (κ1) is 15.4. The van der Waals surface area contributed by atoms with Crippen molar-refractivity contribution in [1.29, 1.82) is 0 Å². The fourth-order valence-corrected chi connectivity index (χ4v) is 3.85. The van der Waals surface area contributed by atoms with Crippen molar-refractivity contribution in [3.8, 4) is 0 Å². The van der Waals surface area contributed by atoms with Crippen LogP contribution >= 0.6 is 0 Å². The molecule has 126 valence electrons. The topological polar surface area (TPSA) is 59.8 Å². The zero-order chi connectivity index (χ0) is 16.4. The molecule has 2 aliphatic rings. The van der Waals surface area contributed by atoms with Crippen LogP contribution in [0.5, 0.6) is 0 Å². The van der Waals surface area contributed by atoms with Gasteiger partial charge in [0.1, 0.15) is 5.52 Å². The van der Waals surface area contributed by atoms with E-state index >= 15 is 0 Å². The van der Waals surface area contributed by atoms with Gasteiger partial charge in [0.2, 0.25) is 0 Å². The predicted molar refractivity (Wildman–Crippen MR) is 93.9 cm³/mol. The van der Waals surface area contributed by atoms with Crippen LogP contribution in [-0.4, -0.2) is 27.0 Å². The molecule has 24 heavy (non-hydrogen) atoms. The normalized spacial score (nSPS) is 18.8. The van der Waals surface area contributed by atoms with E-state index in [1.807, 2.05) is 12.4 Å². The van der Waals surface area contributed by atoms with Gasteiger partial charge in [-0.05, 0) is 44.6 Å². The highest BCUT2D eigenvalue weighted by Crippen LogP contribution is 2.31. The summed E-state index contributed by atoms with van der Waals surface area (Å²) in [6, 6.07) is 2.37. The summed E-state index contributed by atoms with van der Waals surface area (Å²) >= 11 is 0. The molecule has 2 heterocycles. The molecule has 0 aliphatic heterocycles. The largest absolute Gasteiger partial charge is 0.348 e. The van der Waals surface area contributed by atoms with Gasteiger partial charge in [-0.25, -0.2) is 9.97 Å². The summed E-state index contributed by atoms with van der Waals surface area (Å²) in [6.45, 7) is 0.646. The number of carbonyl (C=O) groups is 1. The lowest BCUT2D eigenvalue weighted by Gasteiger charge is -2.13. The molecule has 2 aliphatic carbocycles. The number of nitrogens with one attached hydrogen (secondary N) is 1. The van der Waals surface area contributed by atoms with Crippen LogP contribution in [0.3, 0.4) is 0 Å². The molecular formula is C19H24N4O. The fourth-order valence-electron chi connectivity index (χ4n) is 3.85. The molecular weight excluding hydrogens is 300 g/mol.